The van der Waals surface area contributed by atoms with E-state index in [1.165, 1.54) is 0 Å². The van der Waals surface area contributed by atoms with E-state index in [0.29, 0.717) is 35.8 Å². The van der Waals surface area contributed by atoms with Gasteiger partial charge >= 0.3 is 0 Å². The quantitative estimate of drug-likeness (QED) is 0.405. The van der Waals surface area contributed by atoms with E-state index in [2.05, 4.69) is 22.4 Å². The van der Waals surface area contributed by atoms with Gasteiger partial charge in [0.1, 0.15) is 6.61 Å². The number of rotatable bonds is 8. The molecule has 0 saturated carbocycles. The molecule has 0 aliphatic carbocycles. The van der Waals surface area contributed by atoms with Crippen molar-refractivity contribution in [3.63, 3.8) is 0 Å². The lowest BCUT2D eigenvalue weighted by Crippen LogP contribution is -2.14. The van der Waals surface area contributed by atoms with E-state index < -0.39 is 0 Å². The van der Waals surface area contributed by atoms with Crippen LogP contribution in [0.2, 0.25) is 0 Å². The molecule has 0 radical (unpaired) electrons. The Bertz CT molecular complexity index is 1180. The molecule has 1 N–H and O–H groups in total. The number of carbonyl (C=O) groups is 1. The predicted molar refractivity (Wildman–Crippen MR) is 125 cm³/mol. The summed E-state index contributed by atoms with van der Waals surface area (Å²) in [7, 11) is 1.59. The summed E-state index contributed by atoms with van der Waals surface area (Å²) in [6.07, 6.45) is 4.16. The van der Waals surface area contributed by atoms with Crippen molar-refractivity contribution in [1.29, 1.82) is 0 Å². The van der Waals surface area contributed by atoms with Crippen molar-refractivity contribution in [1.82, 2.24) is 4.98 Å². The van der Waals surface area contributed by atoms with Crippen LogP contribution in [0.15, 0.2) is 97.3 Å². The summed E-state index contributed by atoms with van der Waals surface area (Å²) in [5.74, 6) is 0.975. The van der Waals surface area contributed by atoms with Gasteiger partial charge in [0, 0.05) is 35.3 Å². The number of nitrogens with zero attached hydrogens (tertiary/aromatic N) is 1. The molecule has 0 saturated heterocycles. The first kappa shape index (κ1) is 21.1. The summed E-state index contributed by atoms with van der Waals surface area (Å²) < 4.78 is 11.3. The third-order valence-corrected chi connectivity index (χ3v) is 5.04. The molecule has 4 rings (SSSR count). The maximum absolute atomic E-state index is 13.1. The minimum absolute atomic E-state index is 0.167. The number of carbonyl (C=O) groups excluding carboxylic acids is 1. The van der Waals surface area contributed by atoms with Crippen molar-refractivity contribution >= 4 is 11.6 Å². The van der Waals surface area contributed by atoms with Gasteiger partial charge in [-0.3, -0.25) is 9.78 Å². The Labute approximate surface area is 187 Å². The molecular formula is C27H24N2O3. The maximum Gasteiger partial charge on any atom is 0.255 e. The maximum atomic E-state index is 13.1. The predicted octanol–water partition coefficient (Wildman–Crippen LogP) is 5.51. The molecule has 0 unspecified atom stereocenters. The van der Waals surface area contributed by atoms with Crippen molar-refractivity contribution in [2.45, 2.75) is 13.0 Å². The topological polar surface area (TPSA) is 60.5 Å². The zero-order chi connectivity index (χ0) is 22.2. The number of methoxy groups -OCH3 is 1. The first-order valence-corrected chi connectivity index (χ1v) is 10.4. The zero-order valence-corrected chi connectivity index (χ0v) is 17.8. The average molecular weight is 425 g/mol. The fourth-order valence-corrected chi connectivity index (χ4v) is 3.42. The summed E-state index contributed by atoms with van der Waals surface area (Å²) in [5, 5.41) is 2.99. The third kappa shape index (κ3) is 5.32. The van der Waals surface area contributed by atoms with Gasteiger partial charge in [0.2, 0.25) is 0 Å². The molecule has 0 aliphatic rings. The molecule has 0 bridgehead atoms. The highest BCUT2D eigenvalue weighted by molar-refractivity contribution is 6.05. The van der Waals surface area contributed by atoms with Crippen molar-refractivity contribution in [3.05, 3.63) is 120 Å². The number of amides is 1. The average Bonchev–Trinajstić information content (AvgIpc) is 2.84. The molecular weight excluding hydrogens is 400 g/mol. The summed E-state index contributed by atoms with van der Waals surface area (Å²) in [6.45, 7) is 0.349. The highest BCUT2D eigenvalue weighted by atomic mass is 16.5. The van der Waals surface area contributed by atoms with Crippen LogP contribution in [-0.2, 0) is 13.0 Å². The van der Waals surface area contributed by atoms with E-state index in [1.54, 1.807) is 37.7 Å². The Morgan fingerprint density at radius 3 is 2.44 bits per heavy atom. The van der Waals surface area contributed by atoms with Gasteiger partial charge in [-0.2, -0.15) is 0 Å². The van der Waals surface area contributed by atoms with Crippen molar-refractivity contribution in [3.8, 4) is 11.5 Å². The van der Waals surface area contributed by atoms with Crippen LogP contribution >= 0.6 is 0 Å². The molecule has 0 spiro atoms. The number of hydrogen-bond acceptors (Lipinski definition) is 4. The lowest BCUT2D eigenvalue weighted by Gasteiger charge is -2.14. The number of hydrogen-bond donors (Lipinski definition) is 1. The number of anilines is 1. The number of ether oxygens (including phenoxy) is 2. The van der Waals surface area contributed by atoms with Crippen LogP contribution in [0.4, 0.5) is 5.69 Å². The van der Waals surface area contributed by atoms with Gasteiger partial charge in [0.15, 0.2) is 11.5 Å². The van der Waals surface area contributed by atoms with Crippen molar-refractivity contribution < 1.29 is 14.3 Å². The second-order valence-corrected chi connectivity index (χ2v) is 7.29. The molecule has 5 nitrogen and oxygen atoms in total. The van der Waals surface area contributed by atoms with Crippen LogP contribution in [0, 0.1) is 0 Å². The fraction of sp³-hybridized carbons (Fsp3) is 0.111. The molecule has 1 amide bonds. The van der Waals surface area contributed by atoms with E-state index in [4.69, 9.17) is 9.47 Å². The minimum atomic E-state index is -0.167. The van der Waals surface area contributed by atoms with Crippen molar-refractivity contribution in [2.75, 3.05) is 12.4 Å². The molecule has 0 aliphatic heterocycles. The van der Waals surface area contributed by atoms with Crippen LogP contribution in [-0.4, -0.2) is 18.0 Å². The van der Waals surface area contributed by atoms with E-state index in [-0.39, 0.29) is 5.91 Å². The highest BCUT2D eigenvalue weighted by Crippen LogP contribution is 2.31. The molecule has 5 heteroatoms. The second kappa shape index (κ2) is 10.3. The monoisotopic (exact) mass is 424 g/mol. The number of nitrogens with one attached hydrogen (secondary N) is 1. The first-order chi connectivity index (χ1) is 15.7. The molecule has 1 aromatic heterocycles. The van der Waals surface area contributed by atoms with Gasteiger partial charge in [-0.15, -0.1) is 0 Å². The van der Waals surface area contributed by atoms with Crippen LogP contribution in [0.3, 0.4) is 0 Å². The molecule has 1 heterocycles. The number of benzene rings is 3. The highest BCUT2D eigenvalue weighted by Gasteiger charge is 2.13. The Morgan fingerprint density at radius 1 is 0.875 bits per heavy atom. The number of aromatic nitrogens is 1. The molecule has 160 valence electrons. The fourth-order valence-electron chi connectivity index (χ4n) is 3.42. The summed E-state index contributed by atoms with van der Waals surface area (Å²) in [5.41, 5.74) is 4.34. The lowest BCUT2D eigenvalue weighted by atomic mass is 9.99. The van der Waals surface area contributed by atoms with Crippen molar-refractivity contribution in [2.24, 2.45) is 0 Å². The molecule has 4 aromatic rings. The van der Waals surface area contributed by atoms with Gasteiger partial charge in [-0.05, 0) is 41.8 Å². The van der Waals surface area contributed by atoms with Gasteiger partial charge in [0.05, 0.1) is 7.11 Å². The SMILES string of the molecule is COc1ccc(NC(=O)c2ccccc2Cc2ccccc2)cc1OCc1cccnc1. The molecule has 0 fully saturated rings. The molecule has 32 heavy (non-hydrogen) atoms. The standard InChI is InChI=1S/C27H24N2O3/c1-31-25-14-13-23(17-26(25)32-19-21-10-7-15-28-18-21)29-27(30)24-12-6-5-11-22(24)16-20-8-3-2-4-9-20/h2-15,17-18H,16,19H2,1H3,(H,29,30). The van der Waals surface area contributed by atoms with Crippen LogP contribution in [0.1, 0.15) is 27.0 Å². The summed E-state index contributed by atoms with van der Waals surface area (Å²) in [6, 6.07) is 26.9. The third-order valence-electron chi connectivity index (χ3n) is 5.04. The normalized spacial score (nSPS) is 10.4. The summed E-state index contributed by atoms with van der Waals surface area (Å²) in [4.78, 5) is 17.2. The van der Waals surface area contributed by atoms with Gasteiger partial charge in [-0.1, -0.05) is 54.6 Å². The largest absolute Gasteiger partial charge is 0.493 e. The Balaban J connectivity index is 1.51. The first-order valence-electron chi connectivity index (χ1n) is 10.4. The van der Waals surface area contributed by atoms with E-state index in [9.17, 15) is 4.79 Å². The van der Waals surface area contributed by atoms with Gasteiger partial charge in [-0.25, -0.2) is 0 Å². The van der Waals surface area contributed by atoms with E-state index >= 15 is 0 Å². The Kier molecular flexibility index (Phi) is 6.78. The number of pyridine rings is 1. The van der Waals surface area contributed by atoms with E-state index in [0.717, 1.165) is 16.7 Å². The smallest absolute Gasteiger partial charge is 0.255 e. The summed E-state index contributed by atoms with van der Waals surface area (Å²) >= 11 is 0. The van der Waals surface area contributed by atoms with E-state index in [1.807, 2.05) is 54.6 Å². The second-order valence-electron chi connectivity index (χ2n) is 7.29. The van der Waals surface area contributed by atoms with Gasteiger partial charge < -0.3 is 14.8 Å². The lowest BCUT2D eigenvalue weighted by molar-refractivity contribution is 0.102. The minimum Gasteiger partial charge on any atom is -0.493 e. The molecule has 0 atom stereocenters. The Morgan fingerprint density at radius 2 is 1.66 bits per heavy atom. The van der Waals surface area contributed by atoms with Crippen LogP contribution in [0.5, 0.6) is 11.5 Å². The Hall–Kier alpha value is -4.12. The van der Waals surface area contributed by atoms with Crippen LogP contribution < -0.4 is 14.8 Å². The molecule has 3 aromatic carbocycles. The van der Waals surface area contributed by atoms with Gasteiger partial charge in [0.25, 0.3) is 5.91 Å². The zero-order valence-electron chi connectivity index (χ0n) is 17.8. The van der Waals surface area contributed by atoms with Crippen LogP contribution in [0.25, 0.3) is 0 Å².